The normalized spacial score (nSPS) is 23.1. The van der Waals surface area contributed by atoms with E-state index < -0.39 is 30.6 Å². The third-order valence-electron chi connectivity index (χ3n) is 5.15. The predicted molar refractivity (Wildman–Crippen MR) is 92.4 cm³/mol. The first-order valence-corrected chi connectivity index (χ1v) is 8.66. The highest BCUT2D eigenvalue weighted by atomic mass is 19.4. The first kappa shape index (κ1) is 17.7. The smallest absolute Gasteiger partial charge is 0.292 e. The van der Waals surface area contributed by atoms with Crippen molar-refractivity contribution < 1.29 is 22.8 Å². The second kappa shape index (κ2) is 6.49. The molecule has 27 heavy (non-hydrogen) atoms. The van der Waals surface area contributed by atoms with Gasteiger partial charge in [0, 0.05) is 19.0 Å². The lowest BCUT2D eigenvalue weighted by Gasteiger charge is -2.27. The zero-order valence-corrected chi connectivity index (χ0v) is 14.3. The summed E-state index contributed by atoms with van der Waals surface area (Å²) in [5.41, 5.74) is 1.44. The number of alkyl halides is 3. The summed E-state index contributed by atoms with van der Waals surface area (Å²) >= 11 is 0. The molecule has 0 radical (unpaired) electrons. The number of carbonyl (C=O) groups excluding carboxylic acids is 2. The lowest BCUT2D eigenvalue weighted by atomic mass is 9.93. The maximum atomic E-state index is 12.9. The second-order valence-electron chi connectivity index (χ2n) is 6.92. The number of halogens is 3. The van der Waals surface area contributed by atoms with Gasteiger partial charge in [-0.05, 0) is 17.7 Å². The minimum Gasteiger partial charge on any atom is -0.292 e. The van der Waals surface area contributed by atoms with E-state index in [2.05, 4.69) is 0 Å². The lowest BCUT2D eigenvalue weighted by molar-refractivity contribution is -0.143. The van der Waals surface area contributed by atoms with Crippen LogP contribution in [-0.2, 0) is 0 Å². The van der Waals surface area contributed by atoms with Gasteiger partial charge in [-0.3, -0.25) is 19.4 Å². The molecule has 2 atom stereocenters. The van der Waals surface area contributed by atoms with Crippen molar-refractivity contribution in [3.63, 3.8) is 0 Å². The summed E-state index contributed by atoms with van der Waals surface area (Å²) < 4.78 is 38.8. The van der Waals surface area contributed by atoms with E-state index in [1.54, 1.807) is 36.4 Å². The highest BCUT2D eigenvalue weighted by molar-refractivity contribution is 6.21. The third-order valence-corrected chi connectivity index (χ3v) is 5.15. The van der Waals surface area contributed by atoms with Crippen molar-refractivity contribution in [2.45, 2.75) is 18.1 Å². The van der Waals surface area contributed by atoms with Crippen LogP contribution in [0.3, 0.4) is 0 Å². The molecule has 7 heteroatoms. The molecule has 140 valence electrons. The van der Waals surface area contributed by atoms with E-state index in [0.29, 0.717) is 11.1 Å². The molecule has 2 aromatic rings. The topological polar surface area (TPSA) is 40.6 Å². The van der Waals surface area contributed by atoms with Crippen LogP contribution < -0.4 is 0 Å². The number of likely N-dealkylation sites (tertiary alicyclic amines) is 1. The van der Waals surface area contributed by atoms with E-state index in [9.17, 15) is 22.8 Å². The maximum Gasteiger partial charge on any atom is 0.401 e. The molecule has 0 saturated carbocycles. The molecule has 0 aromatic heterocycles. The van der Waals surface area contributed by atoms with Crippen molar-refractivity contribution in [2.24, 2.45) is 0 Å². The van der Waals surface area contributed by atoms with Crippen LogP contribution >= 0.6 is 0 Å². The van der Waals surface area contributed by atoms with Crippen LogP contribution in [0.4, 0.5) is 13.2 Å². The van der Waals surface area contributed by atoms with Gasteiger partial charge < -0.3 is 0 Å². The van der Waals surface area contributed by atoms with Crippen molar-refractivity contribution in [3.05, 3.63) is 71.3 Å². The number of carbonyl (C=O) groups is 2. The molecule has 4 nitrogen and oxygen atoms in total. The number of hydrogen-bond donors (Lipinski definition) is 0. The van der Waals surface area contributed by atoms with Crippen molar-refractivity contribution in [1.82, 2.24) is 9.80 Å². The number of nitrogens with zero attached hydrogens (tertiary/aromatic N) is 2. The predicted octanol–water partition coefficient (Wildman–Crippen LogP) is 3.31. The van der Waals surface area contributed by atoms with Gasteiger partial charge in [-0.2, -0.15) is 13.2 Å². The van der Waals surface area contributed by atoms with Crippen LogP contribution in [0.25, 0.3) is 0 Å². The molecular formula is C20H17F3N2O2. The maximum absolute atomic E-state index is 12.9. The van der Waals surface area contributed by atoms with Gasteiger partial charge in [0.1, 0.15) is 0 Å². The van der Waals surface area contributed by atoms with Gasteiger partial charge in [0.05, 0.1) is 23.7 Å². The zero-order chi connectivity index (χ0) is 19.2. The highest BCUT2D eigenvalue weighted by Gasteiger charge is 2.48. The number of benzene rings is 2. The summed E-state index contributed by atoms with van der Waals surface area (Å²) in [6, 6.07) is 15.0. The van der Waals surface area contributed by atoms with Crippen molar-refractivity contribution >= 4 is 11.8 Å². The van der Waals surface area contributed by atoms with E-state index in [-0.39, 0.29) is 19.0 Å². The van der Waals surface area contributed by atoms with Gasteiger partial charge in [-0.25, -0.2) is 0 Å². The van der Waals surface area contributed by atoms with Gasteiger partial charge in [0.15, 0.2) is 0 Å². The Balaban J connectivity index is 1.69. The van der Waals surface area contributed by atoms with Crippen LogP contribution in [0.15, 0.2) is 54.6 Å². The fraction of sp³-hybridized carbons (Fsp3) is 0.300. The minimum atomic E-state index is -4.34. The zero-order valence-electron chi connectivity index (χ0n) is 14.3. The Morgan fingerprint density at radius 1 is 0.852 bits per heavy atom. The quantitative estimate of drug-likeness (QED) is 0.774. The van der Waals surface area contributed by atoms with Crippen LogP contribution in [0.5, 0.6) is 0 Å². The molecule has 2 amide bonds. The summed E-state index contributed by atoms with van der Waals surface area (Å²) in [7, 11) is 0. The van der Waals surface area contributed by atoms with E-state index >= 15 is 0 Å². The summed E-state index contributed by atoms with van der Waals surface area (Å²) in [6.45, 7) is -0.915. The molecule has 2 heterocycles. The van der Waals surface area contributed by atoms with Crippen molar-refractivity contribution in [2.75, 3.05) is 19.6 Å². The number of fused-ring (bicyclic) bond motifs is 1. The number of rotatable bonds is 3. The summed E-state index contributed by atoms with van der Waals surface area (Å²) in [5.74, 6) is -1.23. The van der Waals surface area contributed by atoms with Gasteiger partial charge in [0.25, 0.3) is 11.8 Å². The lowest BCUT2D eigenvalue weighted by Crippen LogP contribution is -2.44. The Morgan fingerprint density at radius 3 is 1.96 bits per heavy atom. The molecule has 2 aromatic carbocycles. The van der Waals surface area contributed by atoms with Crippen LogP contribution in [0.1, 0.15) is 32.2 Å². The molecule has 0 spiro atoms. The van der Waals surface area contributed by atoms with Gasteiger partial charge in [0.2, 0.25) is 0 Å². The first-order valence-electron chi connectivity index (χ1n) is 8.66. The standard InChI is InChI=1S/C20H17F3N2O2/c21-20(22,23)12-24-10-16(13-6-2-1-3-7-13)17(11-24)25-18(26)14-8-4-5-9-15(14)19(25)27/h1-9,16-17H,10-12H2/t16-,17+/m0/s1. The molecule has 4 rings (SSSR count). The van der Waals surface area contributed by atoms with E-state index in [1.807, 2.05) is 18.2 Å². The summed E-state index contributed by atoms with van der Waals surface area (Å²) in [6.07, 6.45) is -4.34. The molecule has 2 aliphatic heterocycles. The SMILES string of the molecule is O=C1c2ccccc2C(=O)N1[C@@H]1CN(CC(F)(F)F)C[C@H]1c1ccccc1. The largest absolute Gasteiger partial charge is 0.401 e. The van der Waals surface area contributed by atoms with Crippen molar-refractivity contribution in [3.8, 4) is 0 Å². The average Bonchev–Trinajstić information content (AvgIpc) is 3.14. The van der Waals surface area contributed by atoms with Gasteiger partial charge >= 0.3 is 6.18 Å². The second-order valence-corrected chi connectivity index (χ2v) is 6.92. The van der Waals surface area contributed by atoms with Crippen molar-refractivity contribution in [1.29, 1.82) is 0 Å². The fourth-order valence-corrected chi connectivity index (χ4v) is 4.05. The highest BCUT2D eigenvalue weighted by Crippen LogP contribution is 2.36. The summed E-state index contributed by atoms with van der Waals surface area (Å²) in [4.78, 5) is 28.1. The molecule has 0 unspecified atom stereocenters. The Kier molecular flexibility index (Phi) is 4.26. The Morgan fingerprint density at radius 2 is 1.41 bits per heavy atom. The Bertz CT molecular complexity index is 847. The molecule has 0 aliphatic carbocycles. The van der Waals surface area contributed by atoms with Gasteiger partial charge in [-0.15, -0.1) is 0 Å². The molecular weight excluding hydrogens is 357 g/mol. The van der Waals surface area contributed by atoms with E-state index in [0.717, 1.165) is 10.5 Å². The molecule has 0 bridgehead atoms. The monoisotopic (exact) mass is 374 g/mol. The third kappa shape index (κ3) is 3.23. The number of imide groups is 1. The van der Waals surface area contributed by atoms with Crippen LogP contribution in [-0.4, -0.2) is 53.5 Å². The Hall–Kier alpha value is -2.67. The van der Waals surface area contributed by atoms with Crippen LogP contribution in [0, 0.1) is 0 Å². The van der Waals surface area contributed by atoms with Crippen LogP contribution in [0.2, 0.25) is 0 Å². The molecule has 0 N–H and O–H groups in total. The van der Waals surface area contributed by atoms with E-state index in [1.165, 1.54) is 4.90 Å². The molecule has 2 aliphatic rings. The molecule has 1 fully saturated rings. The number of hydrogen-bond acceptors (Lipinski definition) is 3. The average molecular weight is 374 g/mol. The Labute approximate surface area is 154 Å². The number of amides is 2. The van der Waals surface area contributed by atoms with E-state index in [4.69, 9.17) is 0 Å². The minimum absolute atomic E-state index is 0.00450. The summed E-state index contributed by atoms with van der Waals surface area (Å²) in [5, 5.41) is 0. The molecule has 1 saturated heterocycles. The fourth-order valence-electron chi connectivity index (χ4n) is 4.05. The first-order chi connectivity index (χ1) is 12.8. The van der Waals surface area contributed by atoms with Gasteiger partial charge in [-0.1, -0.05) is 42.5 Å².